The maximum Gasteiger partial charge on any atom is 0.110 e. The number of pyridine rings is 1. The highest BCUT2D eigenvalue weighted by Crippen LogP contribution is 2.74. The summed E-state index contributed by atoms with van der Waals surface area (Å²) >= 11 is 0. The number of rotatable bonds is 2. The third-order valence-corrected chi connectivity index (χ3v) is 9.56. The van der Waals surface area contributed by atoms with Crippen LogP contribution in [0.15, 0.2) is 47.4 Å². The molecule has 0 N–H and O–H groups in total. The van der Waals surface area contributed by atoms with Crippen LogP contribution in [0.4, 0.5) is 0 Å². The van der Waals surface area contributed by atoms with Crippen molar-refractivity contribution in [1.29, 1.82) is 0 Å². The van der Waals surface area contributed by atoms with Gasteiger partial charge in [0, 0.05) is 12.4 Å². The van der Waals surface area contributed by atoms with Gasteiger partial charge in [0.2, 0.25) is 0 Å². The van der Waals surface area contributed by atoms with E-state index in [1.54, 1.807) is 11.1 Å². The number of aromatic nitrogens is 1. The molecule has 6 rings (SSSR count). The van der Waals surface area contributed by atoms with Crippen LogP contribution in [0.25, 0.3) is 5.57 Å². The van der Waals surface area contributed by atoms with E-state index in [0.717, 1.165) is 42.4 Å². The van der Waals surface area contributed by atoms with Crippen LogP contribution in [0.2, 0.25) is 0 Å². The Morgan fingerprint density at radius 1 is 1.14 bits per heavy atom. The highest BCUT2D eigenvalue weighted by molar-refractivity contribution is 5.72. The summed E-state index contributed by atoms with van der Waals surface area (Å²) in [6, 6.07) is 4.25. The molecule has 1 aromatic rings. The minimum Gasteiger partial charge on any atom is -0.264 e. The van der Waals surface area contributed by atoms with E-state index in [-0.39, 0.29) is 6.04 Å². The fourth-order valence-electron chi connectivity index (χ4n) is 8.18. The largest absolute Gasteiger partial charge is 0.264 e. The van der Waals surface area contributed by atoms with Crippen molar-refractivity contribution in [3.8, 4) is 0 Å². The van der Waals surface area contributed by atoms with Crippen LogP contribution in [0.5, 0.6) is 0 Å². The Morgan fingerprint density at radius 3 is 2.79 bits per heavy atom. The van der Waals surface area contributed by atoms with Crippen LogP contribution >= 0.6 is 0 Å². The molecule has 8 atom stereocenters. The Bertz CT molecular complexity index is 889. The summed E-state index contributed by atoms with van der Waals surface area (Å²) in [6.45, 7) is 5.07. The molecule has 0 amide bonds. The third-order valence-electron chi connectivity index (χ3n) is 9.56. The molecule has 0 aromatic carbocycles. The zero-order valence-corrected chi connectivity index (χ0v) is 17.0. The predicted octanol–water partition coefficient (Wildman–Crippen LogP) is 6.03. The van der Waals surface area contributed by atoms with Crippen molar-refractivity contribution >= 4 is 5.57 Å². The van der Waals surface area contributed by atoms with Gasteiger partial charge >= 0.3 is 0 Å². The maximum absolute atomic E-state index is 11.2. The number of hydrogen-bond donors (Lipinski definition) is 0. The van der Waals surface area contributed by atoms with Gasteiger partial charge in [-0.1, -0.05) is 42.8 Å². The number of fused-ring (bicyclic) bond motifs is 8. The molecule has 1 aromatic heterocycles. The minimum absolute atomic E-state index is 0.0694. The van der Waals surface area contributed by atoms with Crippen molar-refractivity contribution < 1.29 is 0 Å². The molecule has 5 aliphatic rings. The Balaban J connectivity index is 1.37. The third kappa shape index (κ3) is 2.08. The lowest BCUT2D eigenvalue weighted by molar-refractivity contribution is -0.0302. The lowest BCUT2D eigenvalue weighted by Gasteiger charge is -2.58. The maximum atomic E-state index is 11.2. The van der Waals surface area contributed by atoms with Crippen molar-refractivity contribution in [2.75, 3.05) is 0 Å². The van der Waals surface area contributed by atoms with Crippen molar-refractivity contribution in [3.63, 3.8) is 0 Å². The van der Waals surface area contributed by atoms with Gasteiger partial charge in [-0.3, -0.25) is 4.98 Å². The molecule has 3 unspecified atom stereocenters. The fraction of sp³-hybridized carbons (Fsp3) is 0.640. The van der Waals surface area contributed by atoms with Gasteiger partial charge in [-0.25, -0.2) is 0 Å². The number of nitrogens with zero attached hydrogens (tertiary/aromatic N) is 2. The summed E-state index contributed by atoms with van der Waals surface area (Å²) < 4.78 is 0. The first-order valence-corrected chi connectivity index (χ1v) is 11.2. The Kier molecular flexibility index (Phi) is 3.45. The summed E-state index contributed by atoms with van der Waals surface area (Å²) in [5.41, 5.74) is 5.12. The van der Waals surface area contributed by atoms with E-state index < -0.39 is 0 Å². The van der Waals surface area contributed by atoms with Gasteiger partial charge in [-0.15, -0.1) is 0 Å². The lowest BCUT2D eigenvalue weighted by atomic mass is 9.46. The molecule has 28 heavy (non-hydrogen) atoms. The highest BCUT2D eigenvalue weighted by Gasteiger charge is 2.66. The van der Waals surface area contributed by atoms with E-state index in [1.165, 1.54) is 31.2 Å². The Hall–Kier alpha value is -1.77. The van der Waals surface area contributed by atoms with E-state index in [1.807, 2.05) is 6.20 Å². The molecule has 146 valence electrons. The molecule has 0 radical (unpaired) electrons. The molecule has 5 aliphatic carbocycles. The summed E-state index contributed by atoms with van der Waals surface area (Å²) in [5.74, 6) is 3.99. The van der Waals surface area contributed by atoms with E-state index in [9.17, 15) is 4.91 Å². The fourth-order valence-corrected chi connectivity index (χ4v) is 8.18. The molecule has 3 nitrogen and oxygen atoms in total. The summed E-state index contributed by atoms with van der Waals surface area (Å²) in [6.07, 6.45) is 16.1. The topological polar surface area (TPSA) is 42.3 Å². The predicted molar refractivity (Wildman–Crippen MR) is 111 cm³/mol. The summed E-state index contributed by atoms with van der Waals surface area (Å²) in [5, 5.41) is 3.39. The van der Waals surface area contributed by atoms with Crippen LogP contribution in [0.1, 0.15) is 57.9 Å². The van der Waals surface area contributed by atoms with Crippen LogP contribution < -0.4 is 0 Å². The summed E-state index contributed by atoms with van der Waals surface area (Å²) in [7, 11) is 0. The van der Waals surface area contributed by atoms with Gasteiger partial charge in [0.05, 0.1) is 0 Å². The smallest absolute Gasteiger partial charge is 0.110 e. The van der Waals surface area contributed by atoms with Crippen molar-refractivity contribution in [1.82, 2.24) is 4.98 Å². The molecular formula is C25H30N2O. The van der Waals surface area contributed by atoms with E-state index in [0.29, 0.717) is 10.8 Å². The molecule has 0 bridgehead atoms. The van der Waals surface area contributed by atoms with Crippen LogP contribution in [-0.2, 0) is 0 Å². The first kappa shape index (κ1) is 17.1. The minimum atomic E-state index is -0.0694. The zero-order valence-electron chi connectivity index (χ0n) is 17.0. The zero-order chi connectivity index (χ0) is 19.1. The molecule has 0 aliphatic heterocycles. The second-order valence-corrected chi connectivity index (χ2v) is 10.6. The van der Waals surface area contributed by atoms with Gasteiger partial charge < -0.3 is 0 Å². The molecule has 1 heterocycles. The Labute approximate surface area is 167 Å². The molecule has 0 saturated heterocycles. The van der Waals surface area contributed by atoms with Crippen molar-refractivity contribution in [2.45, 2.75) is 58.4 Å². The van der Waals surface area contributed by atoms with Gasteiger partial charge in [-0.05, 0) is 96.1 Å². The second kappa shape index (κ2) is 5.64. The van der Waals surface area contributed by atoms with Crippen molar-refractivity contribution in [3.05, 3.63) is 52.7 Å². The average molecular weight is 375 g/mol. The van der Waals surface area contributed by atoms with E-state index in [2.05, 4.69) is 54.5 Å². The standard InChI is InChI=1S/C25H30N2O/c1-24-10-8-21-23(20(24)6-5-19(24)15-4-3-11-26-14-15)18-13-17(18)22-12-16(27-28)7-9-25(21,22)2/h3-5,11-12,14,16-18,20-21,23H,6-10,13H2,1-2H3/t16?,17?,18?,20-,21-,23-,24+,25+/m0/s1. The van der Waals surface area contributed by atoms with E-state index in [4.69, 9.17) is 0 Å². The van der Waals surface area contributed by atoms with E-state index >= 15 is 0 Å². The SMILES string of the molecule is C[C@]12CCC(N=O)C=C1C1CC1[C@@H]1[C@@H]2CC[C@]2(C)C(c3cccnc3)=CC[C@@H]12. The second-order valence-electron chi connectivity index (χ2n) is 10.6. The highest BCUT2D eigenvalue weighted by atomic mass is 16.3. The molecule has 3 saturated carbocycles. The van der Waals surface area contributed by atoms with Crippen LogP contribution in [-0.4, -0.2) is 11.0 Å². The number of nitroso groups, excluding NO2 is 1. The molecule has 3 fully saturated rings. The molecule has 3 heteroatoms. The number of hydrogen-bond acceptors (Lipinski definition) is 3. The first-order valence-electron chi connectivity index (χ1n) is 11.2. The molecular weight excluding hydrogens is 344 g/mol. The lowest BCUT2D eigenvalue weighted by Crippen LogP contribution is -2.51. The monoisotopic (exact) mass is 374 g/mol. The normalized spacial score (nSPS) is 48.4. The first-order chi connectivity index (χ1) is 13.6. The molecule has 0 spiro atoms. The van der Waals surface area contributed by atoms with Gasteiger partial charge in [0.25, 0.3) is 0 Å². The quantitative estimate of drug-likeness (QED) is 0.468. The van der Waals surface area contributed by atoms with Gasteiger partial charge in [0.1, 0.15) is 6.04 Å². The van der Waals surface area contributed by atoms with Crippen LogP contribution in [0.3, 0.4) is 0 Å². The summed E-state index contributed by atoms with van der Waals surface area (Å²) in [4.78, 5) is 15.6. The average Bonchev–Trinajstić information content (AvgIpc) is 3.43. The van der Waals surface area contributed by atoms with Crippen molar-refractivity contribution in [2.24, 2.45) is 45.6 Å². The van der Waals surface area contributed by atoms with Crippen LogP contribution in [0, 0.1) is 45.3 Å². The number of allylic oxidation sites excluding steroid dienone is 3. The Morgan fingerprint density at radius 2 is 2.00 bits per heavy atom. The van der Waals surface area contributed by atoms with Gasteiger partial charge in [0.15, 0.2) is 0 Å². The van der Waals surface area contributed by atoms with Gasteiger partial charge in [-0.2, -0.15) is 4.91 Å².